The fourth-order valence-electron chi connectivity index (χ4n) is 1.81. The van der Waals surface area contributed by atoms with Gasteiger partial charge in [0.25, 0.3) is 5.89 Å². The molecule has 7 heteroatoms. The largest absolute Gasteiger partial charge is 0.493 e. The summed E-state index contributed by atoms with van der Waals surface area (Å²) < 4.78 is 16.2. The van der Waals surface area contributed by atoms with Crippen molar-refractivity contribution in [3.63, 3.8) is 0 Å². The minimum absolute atomic E-state index is 0.142. The lowest BCUT2D eigenvalue weighted by atomic mass is 10.2. The smallest absolute Gasteiger partial charge is 0.253 e. The van der Waals surface area contributed by atoms with E-state index in [0.717, 1.165) is 18.7 Å². The lowest BCUT2D eigenvalue weighted by Crippen LogP contribution is -2.12. The van der Waals surface area contributed by atoms with Gasteiger partial charge in [-0.25, -0.2) is 0 Å². The van der Waals surface area contributed by atoms with Gasteiger partial charge in [-0.2, -0.15) is 0 Å². The van der Waals surface area contributed by atoms with Gasteiger partial charge in [0.15, 0.2) is 18.1 Å². The molecule has 0 aliphatic rings. The molecule has 2 aromatic rings. The van der Waals surface area contributed by atoms with Gasteiger partial charge in [-0.3, -0.25) is 0 Å². The Bertz CT molecular complexity index is 601. The van der Waals surface area contributed by atoms with Crippen molar-refractivity contribution >= 4 is 11.6 Å². The maximum atomic E-state index is 6.26. The van der Waals surface area contributed by atoms with Crippen LogP contribution < -0.4 is 14.8 Å². The summed E-state index contributed by atoms with van der Waals surface area (Å²) in [7, 11) is 1.58. The number of halogens is 1. The van der Waals surface area contributed by atoms with E-state index < -0.39 is 0 Å². The molecular formula is C14H18ClN3O3. The first-order valence-electron chi connectivity index (χ1n) is 6.63. The topological polar surface area (TPSA) is 69.4 Å². The van der Waals surface area contributed by atoms with Gasteiger partial charge >= 0.3 is 0 Å². The van der Waals surface area contributed by atoms with E-state index in [4.69, 9.17) is 25.5 Å². The molecule has 0 spiro atoms. The molecule has 0 atom stereocenters. The predicted octanol–water partition coefficient (Wildman–Crippen LogP) is 2.73. The molecule has 114 valence electrons. The van der Waals surface area contributed by atoms with Gasteiger partial charge in [0.1, 0.15) is 0 Å². The molecule has 0 bridgehead atoms. The Balaban J connectivity index is 2.14. The van der Waals surface area contributed by atoms with Gasteiger partial charge in [-0.15, -0.1) is 10.2 Å². The average molecular weight is 312 g/mol. The summed E-state index contributed by atoms with van der Waals surface area (Å²) in [6.45, 7) is 5.51. The second-order valence-electron chi connectivity index (χ2n) is 4.39. The Morgan fingerprint density at radius 2 is 2.14 bits per heavy atom. The number of nitrogens with zero attached hydrogens (tertiary/aromatic N) is 2. The van der Waals surface area contributed by atoms with E-state index in [-0.39, 0.29) is 6.61 Å². The summed E-state index contributed by atoms with van der Waals surface area (Å²) in [6, 6.07) is 3.74. The summed E-state index contributed by atoms with van der Waals surface area (Å²) in [5.74, 6) is 1.93. The summed E-state index contributed by atoms with van der Waals surface area (Å²) in [5, 5.41) is 11.3. The molecule has 0 unspecified atom stereocenters. The molecule has 0 aliphatic carbocycles. The molecule has 0 amide bonds. The van der Waals surface area contributed by atoms with Crippen LogP contribution in [0.25, 0.3) is 0 Å². The highest BCUT2D eigenvalue weighted by Crippen LogP contribution is 2.36. The molecule has 21 heavy (non-hydrogen) atoms. The normalized spacial score (nSPS) is 10.7. The lowest BCUT2D eigenvalue weighted by molar-refractivity contribution is 0.248. The van der Waals surface area contributed by atoms with Crippen LogP contribution in [0.1, 0.15) is 24.3 Å². The zero-order chi connectivity index (χ0) is 15.2. The molecule has 1 N–H and O–H groups in total. The van der Waals surface area contributed by atoms with Crippen molar-refractivity contribution in [2.24, 2.45) is 0 Å². The van der Waals surface area contributed by atoms with Crippen LogP contribution in [-0.4, -0.2) is 23.9 Å². The number of ether oxygens (including phenoxy) is 2. The van der Waals surface area contributed by atoms with Crippen molar-refractivity contribution in [2.75, 3.05) is 13.7 Å². The third-order valence-corrected chi connectivity index (χ3v) is 3.06. The second kappa shape index (κ2) is 7.28. The number of hydrogen-bond acceptors (Lipinski definition) is 6. The molecule has 1 aromatic carbocycles. The maximum Gasteiger partial charge on any atom is 0.253 e. The number of rotatable bonds is 7. The number of hydrogen-bond donors (Lipinski definition) is 1. The van der Waals surface area contributed by atoms with Gasteiger partial charge in [-0.1, -0.05) is 18.5 Å². The van der Waals surface area contributed by atoms with Gasteiger partial charge in [-0.05, 0) is 24.2 Å². The lowest BCUT2D eigenvalue weighted by Gasteiger charge is -2.13. The molecule has 1 heterocycles. The van der Waals surface area contributed by atoms with Crippen LogP contribution in [0.3, 0.4) is 0 Å². The summed E-state index contributed by atoms with van der Waals surface area (Å²) in [6.07, 6.45) is 0. The van der Waals surface area contributed by atoms with Gasteiger partial charge in [0.05, 0.1) is 12.1 Å². The first-order valence-corrected chi connectivity index (χ1v) is 7.00. The van der Waals surface area contributed by atoms with Crippen LogP contribution >= 0.6 is 11.6 Å². The quantitative estimate of drug-likeness (QED) is 0.848. The third kappa shape index (κ3) is 4.09. The molecule has 0 saturated carbocycles. The summed E-state index contributed by atoms with van der Waals surface area (Å²) >= 11 is 6.26. The molecular weight excluding hydrogens is 294 g/mol. The van der Waals surface area contributed by atoms with Crippen molar-refractivity contribution in [1.29, 1.82) is 0 Å². The van der Waals surface area contributed by atoms with Gasteiger partial charge in [0.2, 0.25) is 5.89 Å². The Morgan fingerprint density at radius 3 is 2.76 bits per heavy atom. The average Bonchev–Trinajstić information content (AvgIpc) is 2.89. The van der Waals surface area contributed by atoms with Crippen molar-refractivity contribution in [3.05, 3.63) is 34.5 Å². The van der Waals surface area contributed by atoms with Crippen molar-refractivity contribution in [3.8, 4) is 11.5 Å². The van der Waals surface area contributed by atoms with Crippen LogP contribution in [0.5, 0.6) is 11.5 Å². The zero-order valence-corrected chi connectivity index (χ0v) is 13.0. The highest BCUT2D eigenvalue weighted by molar-refractivity contribution is 6.32. The number of methoxy groups -OCH3 is 1. The van der Waals surface area contributed by atoms with E-state index in [1.54, 1.807) is 14.0 Å². The summed E-state index contributed by atoms with van der Waals surface area (Å²) in [4.78, 5) is 0. The van der Waals surface area contributed by atoms with Crippen molar-refractivity contribution in [2.45, 2.75) is 27.0 Å². The highest BCUT2D eigenvalue weighted by Gasteiger charge is 2.13. The van der Waals surface area contributed by atoms with Crippen LogP contribution in [0, 0.1) is 6.92 Å². The molecule has 0 aliphatic heterocycles. The zero-order valence-electron chi connectivity index (χ0n) is 12.3. The molecule has 1 aromatic heterocycles. The van der Waals surface area contributed by atoms with Gasteiger partial charge in [0, 0.05) is 13.5 Å². The first-order chi connectivity index (χ1) is 10.1. The molecule has 6 nitrogen and oxygen atoms in total. The van der Waals surface area contributed by atoms with Crippen molar-refractivity contribution < 1.29 is 13.9 Å². The molecule has 2 rings (SSSR count). The number of benzene rings is 1. The molecule has 0 radical (unpaired) electrons. The first kappa shape index (κ1) is 15.6. The van der Waals surface area contributed by atoms with E-state index in [0.29, 0.717) is 28.3 Å². The highest BCUT2D eigenvalue weighted by atomic mass is 35.5. The minimum Gasteiger partial charge on any atom is -0.493 e. The van der Waals surface area contributed by atoms with E-state index in [1.807, 2.05) is 19.1 Å². The van der Waals surface area contributed by atoms with E-state index in [2.05, 4.69) is 15.5 Å². The maximum absolute atomic E-state index is 6.26. The second-order valence-corrected chi connectivity index (χ2v) is 4.80. The van der Waals surface area contributed by atoms with E-state index >= 15 is 0 Å². The van der Waals surface area contributed by atoms with Crippen LogP contribution in [0.15, 0.2) is 16.5 Å². The van der Waals surface area contributed by atoms with Crippen LogP contribution in [-0.2, 0) is 13.2 Å². The van der Waals surface area contributed by atoms with E-state index in [9.17, 15) is 0 Å². The van der Waals surface area contributed by atoms with Gasteiger partial charge < -0.3 is 19.2 Å². The number of nitrogens with one attached hydrogen (secondary N) is 1. The predicted molar refractivity (Wildman–Crippen MR) is 78.8 cm³/mol. The minimum atomic E-state index is 0.142. The standard InChI is InChI=1S/C14H18ClN3O3/c1-4-16-7-10-5-11(15)14(12(6-10)19-3)20-8-13-18-17-9(2)21-13/h5-6,16H,4,7-8H2,1-3H3. The van der Waals surface area contributed by atoms with Crippen LogP contribution in [0.2, 0.25) is 5.02 Å². The number of aryl methyl sites for hydroxylation is 1. The fourth-order valence-corrected chi connectivity index (χ4v) is 2.10. The third-order valence-electron chi connectivity index (χ3n) is 2.78. The number of aromatic nitrogens is 2. The molecule has 0 fully saturated rings. The Hall–Kier alpha value is -1.79. The fraction of sp³-hybridized carbons (Fsp3) is 0.429. The Morgan fingerprint density at radius 1 is 1.33 bits per heavy atom. The Kier molecular flexibility index (Phi) is 5.41. The monoisotopic (exact) mass is 311 g/mol. The van der Waals surface area contributed by atoms with Crippen molar-refractivity contribution in [1.82, 2.24) is 15.5 Å². The van der Waals surface area contributed by atoms with E-state index in [1.165, 1.54) is 0 Å². The molecule has 0 saturated heterocycles. The summed E-state index contributed by atoms with van der Waals surface area (Å²) in [5.41, 5.74) is 1.03. The Labute approximate surface area is 128 Å². The van der Waals surface area contributed by atoms with Crippen LogP contribution in [0.4, 0.5) is 0 Å². The SMILES string of the molecule is CCNCc1cc(Cl)c(OCc2nnc(C)o2)c(OC)c1.